The molecule has 2 aromatic rings. The molecule has 0 atom stereocenters. The standard InChI is InChI=1S/C13H12ClFN2O2/c1-3-17-12(10(19-2)7-16-17)13(18)11-8(14)5-4-6-9(11)15/h4-7H,3H2,1-2H3. The molecule has 1 heterocycles. The average molecular weight is 283 g/mol. The molecule has 6 heteroatoms. The van der Waals surface area contributed by atoms with Gasteiger partial charge < -0.3 is 4.74 Å². The number of carbonyl (C=O) groups is 1. The highest BCUT2D eigenvalue weighted by molar-refractivity contribution is 6.35. The third-order valence-corrected chi connectivity index (χ3v) is 3.05. The first-order valence-electron chi connectivity index (χ1n) is 5.68. The third kappa shape index (κ3) is 2.33. The molecule has 0 aliphatic carbocycles. The fraction of sp³-hybridized carbons (Fsp3) is 0.231. The second kappa shape index (κ2) is 5.40. The molecule has 19 heavy (non-hydrogen) atoms. The number of carbonyl (C=O) groups excluding carboxylic acids is 1. The number of benzene rings is 1. The lowest BCUT2D eigenvalue weighted by molar-refractivity contribution is 0.102. The molecule has 0 aliphatic rings. The summed E-state index contributed by atoms with van der Waals surface area (Å²) in [5.41, 5.74) is 0.0228. The Morgan fingerprint density at radius 2 is 2.26 bits per heavy atom. The van der Waals surface area contributed by atoms with Crippen LogP contribution in [0.15, 0.2) is 24.4 Å². The van der Waals surface area contributed by atoms with E-state index in [-0.39, 0.29) is 16.3 Å². The van der Waals surface area contributed by atoms with Crippen molar-refractivity contribution in [1.82, 2.24) is 9.78 Å². The molecular formula is C13H12ClFN2O2. The van der Waals surface area contributed by atoms with Crippen LogP contribution < -0.4 is 4.74 Å². The lowest BCUT2D eigenvalue weighted by atomic mass is 10.1. The number of aromatic nitrogens is 2. The van der Waals surface area contributed by atoms with Crippen molar-refractivity contribution in [1.29, 1.82) is 0 Å². The van der Waals surface area contributed by atoms with Gasteiger partial charge in [0.2, 0.25) is 5.78 Å². The number of hydrogen-bond acceptors (Lipinski definition) is 3. The monoisotopic (exact) mass is 282 g/mol. The van der Waals surface area contributed by atoms with E-state index in [1.54, 1.807) is 0 Å². The maximum absolute atomic E-state index is 13.8. The van der Waals surface area contributed by atoms with Crippen molar-refractivity contribution in [3.8, 4) is 5.75 Å². The summed E-state index contributed by atoms with van der Waals surface area (Å²) in [6.07, 6.45) is 1.42. The van der Waals surface area contributed by atoms with Gasteiger partial charge in [0.25, 0.3) is 0 Å². The number of ether oxygens (including phenoxy) is 1. The fourth-order valence-corrected chi connectivity index (χ4v) is 2.07. The van der Waals surface area contributed by atoms with Crippen molar-refractivity contribution in [2.75, 3.05) is 7.11 Å². The van der Waals surface area contributed by atoms with Crippen LogP contribution in [0.1, 0.15) is 23.0 Å². The van der Waals surface area contributed by atoms with Gasteiger partial charge in [0.15, 0.2) is 11.4 Å². The molecule has 1 aromatic carbocycles. The zero-order valence-corrected chi connectivity index (χ0v) is 11.2. The summed E-state index contributed by atoms with van der Waals surface area (Å²) in [5.74, 6) is -0.908. The lowest BCUT2D eigenvalue weighted by Crippen LogP contribution is -2.13. The Morgan fingerprint density at radius 3 is 2.84 bits per heavy atom. The maximum Gasteiger partial charge on any atom is 0.219 e. The summed E-state index contributed by atoms with van der Waals surface area (Å²) >= 11 is 5.90. The SMILES string of the molecule is CCn1ncc(OC)c1C(=O)c1c(F)cccc1Cl. The Bertz CT molecular complexity index is 583. The van der Waals surface area contributed by atoms with Crippen molar-refractivity contribution < 1.29 is 13.9 Å². The Labute approximate surface area is 114 Å². The van der Waals surface area contributed by atoms with Crippen molar-refractivity contribution >= 4 is 17.4 Å². The van der Waals surface area contributed by atoms with E-state index in [1.165, 1.54) is 36.2 Å². The van der Waals surface area contributed by atoms with Crippen LogP contribution in [0.3, 0.4) is 0 Å². The van der Waals surface area contributed by atoms with Gasteiger partial charge in [0.1, 0.15) is 5.82 Å². The van der Waals surface area contributed by atoms with Crippen molar-refractivity contribution in [3.63, 3.8) is 0 Å². The van der Waals surface area contributed by atoms with Crippen molar-refractivity contribution in [2.45, 2.75) is 13.5 Å². The van der Waals surface area contributed by atoms with Crippen LogP contribution in [0.5, 0.6) is 5.75 Å². The number of hydrogen-bond donors (Lipinski definition) is 0. The molecule has 100 valence electrons. The Kier molecular flexibility index (Phi) is 3.85. The highest BCUT2D eigenvalue weighted by Crippen LogP contribution is 2.26. The summed E-state index contributed by atoms with van der Waals surface area (Å²) in [6.45, 7) is 2.29. The van der Waals surface area contributed by atoms with Gasteiger partial charge >= 0.3 is 0 Å². The predicted molar refractivity (Wildman–Crippen MR) is 69.3 cm³/mol. The first-order chi connectivity index (χ1) is 9.10. The van der Waals surface area contributed by atoms with Gasteiger partial charge in [-0.3, -0.25) is 9.48 Å². The second-order valence-corrected chi connectivity index (χ2v) is 4.21. The quantitative estimate of drug-likeness (QED) is 0.810. The van der Waals surface area contributed by atoms with Crippen LogP contribution in [-0.2, 0) is 6.54 Å². The van der Waals surface area contributed by atoms with E-state index in [0.29, 0.717) is 12.3 Å². The van der Waals surface area contributed by atoms with E-state index >= 15 is 0 Å². The van der Waals surface area contributed by atoms with E-state index in [9.17, 15) is 9.18 Å². The molecule has 0 saturated heterocycles. The number of methoxy groups -OCH3 is 1. The van der Waals surface area contributed by atoms with Gasteiger partial charge in [-0.2, -0.15) is 5.10 Å². The molecule has 0 bridgehead atoms. The smallest absolute Gasteiger partial charge is 0.219 e. The average Bonchev–Trinajstić information content (AvgIpc) is 2.81. The summed E-state index contributed by atoms with van der Waals surface area (Å²) in [4.78, 5) is 12.4. The molecule has 0 aliphatic heterocycles. The third-order valence-electron chi connectivity index (χ3n) is 2.73. The van der Waals surface area contributed by atoms with Crippen LogP contribution in [0.25, 0.3) is 0 Å². The van der Waals surface area contributed by atoms with Gasteiger partial charge in [-0.1, -0.05) is 17.7 Å². The molecule has 0 radical (unpaired) electrons. The van der Waals surface area contributed by atoms with Gasteiger partial charge in [-0.05, 0) is 19.1 Å². The number of aryl methyl sites for hydroxylation is 1. The molecule has 1 aromatic heterocycles. The van der Waals surface area contributed by atoms with Gasteiger partial charge in [0.05, 0.1) is 23.9 Å². The van der Waals surface area contributed by atoms with Crippen LogP contribution in [0.4, 0.5) is 4.39 Å². The summed E-state index contributed by atoms with van der Waals surface area (Å²) < 4.78 is 20.3. The molecule has 0 amide bonds. The number of nitrogens with zero attached hydrogens (tertiary/aromatic N) is 2. The summed E-state index contributed by atoms with van der Waals surface area (Å²) in [6, 6.07) is 4.11. The summed E-state index contributed by atoms with van der Waals surface area (Å²) in [7, 11) is 1.43. The molecule has 0 saturated carbocycles. The molecule has 0 unspecified atom stereocenters. The summed E-state index contributed by atoms with van der Waals surface area (Å²) in [5, 5.41) is 4.08. The predicted octanol–water partition coefficient (Wildman–Crippen LogP) is 2.94. The first-order valence-corrected chi connectivity index (χ1v) is 6.06. The fourth-order valence-electron chi connectivity index (χ4n) is 1.82. The minimum atomic E-state index is -0.664. The maximum atomic E-state index is 13.8. The first kappa shape index (κ1) is 13.5. The van der Waals surface area contributed by atoms with E-state index in [2.05, 4.69) is 5.10 Å². The largest absolute Gasteiger partial charge is 0.493 e. The van der Waals surface area contributed by atoms with Crippen molar-refractivity contribution in [2.24, 2.45) is 0 Å². The van der Waals surface area contributed by atoms with E-state index in [1.807, 2.05) is 6.92 Å². The molecule has 0 N–H and O–H groups in total. The topological polar surface area (TPSA) is 44.1 Å². The molecule has 0 fully saturated rings. The molecule has 4 nitrogen and oxygen atoms in total. The Balaban J connectivity index is 2.59. The molecular weight excluding hydrogens is 271 g/mol. The van der Waals surface area contributed by atoms with Crippen LogP contribution in [-0.4, -0.2) is 22.7 Å². The lowest BCUT2D eigenvalue weighted by Gasteiger charge is -2.08. The number of rotatable bonds is 4. The minimum absolute atomic E-state index is 0.0657. The van der Waals surface area contributed by atoms with Crippen molar-refractivity contribution in [3.05, 3.63) is 46.5 Å². The normalized spacial score (nSPS) is 10.5. The van der Waals surface area contributed by atoms with Gasteiger partial charge in [-0.15, -0.1) is 0 Å². The van der Waals surface area contributed by atoms with Crippen LogP contribution in [0.2, 0.25) is 5.02 Å². The van der Waals surface area contributed by atoms with Crippen LogP contribution >= 0.6 is 11.6 Å². The highest BCUT2D eigenvalue weighted by Gasteiger charge is 2.25. The Morgan fingerprint density at radius 1 is 1.53 bits per heavy atom. The van der Waals surface area contributed by atoms with E-state index < -0.39 is 11.6 Å². The molecule has 0 spiro atoms. The van der Waals surface area contributed by atoms with E-state index in [0.717, 1.165) is 0 Å². The Hall–Kier alpha value is -1.88. The molecule has 2 rings (SSSR count). The highest BCUT2D eigenvalue weighted by atomic mass is 35.5. The van der Waals surface area contributed by atoms with Gasteiger partial charge in [-0.25, -0.2) is 4.39 Å². The van der Waals surface area contributed by atoms with Gasteiger partial charge in [0, 0.05) is 6.54 Å². The van der Waals surface area contributed by atoms with E-state index in [4.69, 9.17) is 16.3 Å². The zero-order chi connectivity index (χ0) is 14.0. The minimum Gasteiger partial charge on any atom is -0.493 e. The second-order valence-electron chi connectivity index (χ2n) is 3.80. The van der Waals surface area contributed by atoms with Crippen LogP contribution in [0, 0.1) is 5.82 Å². The number of halogens is 2. The zero-order valence-electron chi connectivity index (χ0n) is 10.5. The number of ketones is 1.